The summed E-state index contributed by atoms with van der Waals surface area (Å²) in [5.74, 6) is 0.849. The molecule has 0 bridgehead atoms. The summed E-state index contributed by atoms with van der Waals surface area (Å²) in [6.45, 7) is 4.90. The van der Waals surface area contributed by atoms with Crippen molar-refractivity contribution in [1.82, 2.24) is 9.13 Å². The van der Waals surface area contributed by atoms with Gasteiger partial charge in [-0.3, -0.25) is 0 Å². The summed E-state index contributed by atoms with van der Waals surface area (Å²) in [5.41, 5.74) is 17.0. The van der Waals surface area contributed by atoms with E-state index in [1.165, 1.54) is 60.6 Å². The second kappa shape index (κ2) is 12.1. The number of ether oxygens (including phenoxy) is 1. The zero-order chi connectivity index (χ0) is 35.8. The van der Waals surface area contributed by atoms with Crippen molar-refractivity contribution < 1.29 is 4.74 Å². The molecule has 0 saturated heterocycles. The molecule has 256 valence electrons. The first-order valence-corrected chi connectivity index (χ1v) is 18.8. The van der Waals surface area contributed by atoms with Crippen molar-refractivity contribution in [2.75, 3.05) is 6.61 Å². The fraction of sp³-hybridized carbons (Fsp3) is 0.0588. The van der Waals surface area contributed by atoms with Crippen molar-refractivity contribution in [2.45, 2.75) is 12.8 Å². The molecule has 7 aromatic carbocycles. The van der Waals surface area contributed by atoms with Crippen LogP contribution in [0.5, 0.6) is 5.75 Å². The number of aryl methyl sites for hydroxylation is 2. The van der Waals surface area contributed by atoms with Crippen molar-refractivity contribution in [3.05, 3.63) is 193 Å². The molecule has 3 nitrogen and oxygen atoms in total. The van der Waals surface area contributed by atoms with E-state index in [1.54, 1.807) is 0 Å². The van der Waals surface area contributed by atoms with Gasteiger partial charge in [-0.15, -0.1) is 0 Å². The third kappa shape index (κ3) is 4.68. The van der Waals surface area contributed by atoms with Gasteiger partial charge in [0.2, 0.25) is 0 Å². The van der Waals surface area contributed by atoms with E-state index < -0.39 is 0 Å². The fourth-order valence-electron chi connectivity index (χ4n) is 8.94. The highest BCUT2D eigenvalue weighted by molar-refractivity contribution is 6.17. The van der Waals surface area contributed by atoms with Crippen molar-refractivity contribution in [2.24, 2.45) is 0 Å². The number of aromatic nitrogens is 2. The van der Waals surface area contributed by atoms with Gasteiger partial charge in [0, 0.05) is 38.5 Å². The summed E-state index contributed by atoms with van der Waals surface area (Å²) < 4.78 is 11.1. The van der Waals surface area contributed by atoms with Crippen LogP contribution in [0.3, 0.4) is 0 Å². The second-order valence-corrected chi connectivity index (χ2v) is 14.4. The van der Waals surface area contributed by atoms with Crippen LogP contribution in [-0.2, 0) is 12.8 Å². The third-order valence-electron chi connectivity index (χ3n) is 11.4. The van der Waals surface area contributed by atoms with Crippen LogP contribution in [0.25, 0.3) is 82.8 Å². The number of rotatable bonds is 3. The third-order valence-corrected chi connectivity index (χ3v) is 11.4. The lowest BCUT2D eigenvalue weighted by atomic mass is 9.83. The molecule has 0 spiro atoms. The molecule has 0 unspecified atom stereocenters. The van der Waals surface area contributed by atoms with E-state index in [0.29, 0.717) is 6.61 Å². The lowest BCUT2D eigenvalue weighted by Gasteiger charge is -2.21. The van der Waals surface area contributed by atoms with Crippen molar-refractivity contribution in [3.8, 4) is 39.4 Å². The maximum Gasteiger partial charge on any atom is 0.128 e. The van der Waals surface area contributed by atoms with Crippen molar-refractivity contribution in [3.63, 3.8) is 0 Å². The molecule has 0 saturated carbocycles. The fourth-order valence-corrected chi connectivity index (χ4v) is 8.94. The molecule has 9 aromatic rings. The summed E-state index contributed by atoms with van der Waals surface area (Å²) >= 11 is 0. The number of benzene rings is 7. The van der Waals surface area contributed by atoms with E-state index >= 15 is 0 Å². The van der Waals surface area contributed by atoms with Crippen LogP contribution in [0, 0.1) is 0 Å². The summed E-state index contributed by atoms with van der Waals surface area (Å²) in [5, 5.41) is 4.99. The maximum atomic E-state index is 6.32. The zero-order valence-corrected chi connectivity index (χ0v) is 29.8. The molecular formula is C51H36N2O. The van der Waals surface area contributed by atoms with Crippen molar-refractivity contribution in [1.29, 1.82) is 0 Å². The summed E-state index contributed by atoms with van der Waals surface area (Å²) in [4.78, 5) is 0. The smallest absolute Gasteiger partial charge is 0.128 e. The molecule has 1 aliphatic carbocycles. The Morgan fingerprint density at radius 2 is 1.20 bits per heavy atom. The number of allylic oxidation sites excluding steroid dienone is 4. The quantitative estimate of drug-likeness (QED) is 0.180. The van der Waals surface area contributed by atoms with Crippen LogP contribution in [0.15, 0.2) is 176 Å². The second-order valence-electron chi connectivity index (χ2n) is 14.4. The van der Waals surface area contributed by atoms with Gasteiger partial charge in [0.15, 0.2) is 0 Å². The lowest BCUT2D eigenvalue weighted by molar-refractivity contribution is 0.362. The Hall–Kier alpha value is -6.84. The number of hydrogen-bond acceptors (Lipinski definition) is 1. The summed E-state index contributed by atoms with van der Waals surface area (Å²) in [6, 6.07) is 53.5. The molecule has 54 heavy (non-hydrogen) atoms. The Labute approximate surface area is 314 Å². The largest absolute Gasteiger partial charge is 0.489 e. The van der Waals surface area contributed by atoms with Gasteiger partial charge in [0.1, 0.15) is 12.4 Å². The number of nitrogens with zero attached hydrogens (tertiary/aromatic N) is 2. The minimum Gasteiger partial charge on any atom is -0.489 e. The van der Waals surface area contributed by atoms with E-state index in [1.807, 2.05) is 18.2 Å². The topological polar surface area (TPSA) is 19.1 Å². The highest BCUT2D eigenvalue weighted by atomic mass is 16.5. The van der Waals surface area contributed by atoms with E-state index in [9.17, 15) is 0 Å². The Bertz CT molecular complexity index is 3040. The average Bonchev–Trinajstić information content (AvgIpc) is 3.76. The normalized spacial score (nSPS) is 14.9. The van der Waals surface area contributed by atoms with Crippen LogP contribution in [0.4, 0.5) is 0 Å². The number of para-hydroxylation sites is 2. The van der Waals surface area contributed by atoms with Gasteiger partial charge in [-0.05, 0) is 119 Å². The molecule has 0 amide bonds. The summed E-state index contributed by atoms with van der Waals surface area (Å²) in [7, 11) is 0. The molecule has 0 N–H and O–H groups in total. The van der Waals surface area contributed by atoms with Crippen LogP contribution in [0.1, 0.15) is 16.7 Å². The molecule has 1 aliphatic heterocycles. The van der Waals surface area contributed by atoms with E-state index in [0.717, 1.165) is 57.5 Å². The Kier molecular flexibility index (Phi) is 6.90. The highest BCUT2D eigenvalue weighted by Gasteiger charge is 2.23. The molecule has 0 atom stereocenters. The number of hydrogen-bond donors (Lipinski definition) is 0. The molecule has 11 rings (SSSR count). The van der Waals surface area contributed by atoms with Gasteiger partial charge in [-0.25, -0.2) is 0 Å². The monoisotopic (exact) mass is 692 g/mol. The molecule has 3 heteroatoms. The van der Waals surface area contributed by atoms with E-state index in [4.69, 9.17) is 4.74 Å². The average molecular weight is 693 g/mol. The van der Waals surface area contributed by atoms with Gasteiger partial charge in [-0.2, -0.15) is 0 Å². The first-order chi connectivity index (χ1) is 26.7. The predicted octanol–water partition coefficient (Wildman–Crippen LogP) is 12.8. The van der Waals surface area contributed by atoms with E-state index in [2.05, 4.69) is 167 Å². The van der Waals surface area contributed by atoms with Gasteiger partial charge in [0.05, 0.1) is 22.1 Å². The van der Waals surface area contributed by atoms with Crippen LogP contribution >= 0.6 is 0 Å². The molecular weight excluding hydrogens is 657 g/mol. The molecule has 0 radical (unpaired) electrons. The molecule has 3 heterocycles. The maximum absolute atomic E-state index is 6.32. The molecule has 2 aliphatic rings. The summed E-state index contributed by atoms with van der Waals surface area (Å²) in [6.07, 6.45) is 10.3. The SMILES string of the molecule is C=C1/C=C\C=C/COc2cc3c4cc(-c5ccc(-n6c7ccccc7c7c8c(ccc76)CCc6ccccc6-8)cc5)ccc4n(-c4ccccc4)c3cc21. The standard InChI is InChI=1S/C51H36N2O/c1-33-12-4-3-11-29-54-49-32-44-43-30-37(24-27-46(43)53(48(44)31-42(33)49)38-14-5-2-6-15-38)34-21-25-39(26-22-34)52-45-18-10-9-17-41(45)51-47(52)28-23-36-20-19-35-13-7-8-16-40(35)50(36)51/h2-18,21-28,30-32H,1,19-20,29H2/b11-3-,12-4-. The van der Waals surface area contributed by atoms with Crippen molar-refractivity contribution >= 4 is 49.2 Å². The first kappa shape index (κ1) is 30.8. The van der Waals surface area contributed by atoms with Gasteiger partial charge in [0.25, 0.3) is 0 Å². The van der Waals surface area contributed by atoms with Gasteiger partial charge in [-0.1, -0.05) is 110 Å². The Morgan fingerprint density at radius 1 is 0.500 bits per heavy atom. The molecule has 0 fully saturated rings. The Balaban J connectivity index is 1.06. The lowest BCUT2D eigenvalue weighted by Crippen LogP contribution is -2.04. The van der Waals surface area contributed by atoms with Crippen LogP contribution in [-0.4, -0.2) is 15.7 Å². The zero-order valence-electron chi connectivity index (χ0n) is 29.8. The number of fused-ring (bicyclic) bond motifs is 11. The molecule has 2 aromatic heterocycles. The van der Waals surface area contributed by atoms with Gasteiger partial charge >= 0.3 is 0 Å². The minimum absolute atomic E-state index is 0.507. The first-order valence-electron chi connectivity index (χ1n) is 18.8. The van der Waals surface area contributed by atoms with Crippen LogP contribution < -0.4 is 4.74 Å². The minimum atomic E-state index is 0.507. The Morgan fingerprint density at radius 3 is 2.11 bits per heavy atom. The van der Waals surface area contributed by atoms with E-state index in [-0.39, 0.29) is 0 Å². The predicted molar refractivity (Wildman–Crippen MR) is 226 cm³/mol. The highest BCUT2D eigenvalue weighted by Crippen LogP contribution is 2.45. The van der Waals surface area contributed by atoms with Gasteiger partial charge < -0.3 is 13.9 Å². The van der Waals surface area contributed by atoms with Crippen LogP contribution in [0.2, 0.25) is 0 Å².